The third kappa shape index (κ3) is 4.91. The molecule has 2 aromatic carbocycles. The number of imidazole rings is 1. The molecule has 2 amide bonds. The average Bonchev–Trinajstić information content (AvgIpc) is 3.62. The van der Waals surface area contributed by atoms with Crippen molar-refractivity contribution in [3.8, 4) is 17.0 Å². The third-order valence-electron chi connectivity index (χ3n) is 7.92. The fourth-order valence-electron chi connectivity index (χ4n) is 5.02. The van der Waals surface area contributed by atoms with Gasteiger partial charge in [-0.2, -0.15) is 13.2 Å². The summed E-state index contributed by atoms with van der Waals surface area (Å²) in [4.78, 5) is 37.3. The molecule has 1 saturated carbocycles. The number of fused-ring (bicyclic) bond motifs is 2. The van der Waals surface area contributed by atoms with Crippen LogP contribution < -0.4 is 15.8 Å². The zero-order valence-corrected chi connectivity index (χ0v) is 24.1. The number of halogens is 5. The van der Waals surface area contributed by atoms with Crippen molar-refractivity contribution in [2.75, 3.05) is 13.2 Å². The van der Waals surface area contributed by atoms with E-state index in [4.69, 9.17) is 10.5 Å². The fourth-order valence-corrected chi connectivity index (χ4v) is 5.57. The van der Waals surface area contributed by atoms with Crippen LogP contribution in [0.15, 0.2) is 46.9 Å². The van der Waals surface area contributed by atoms with Crippen LogP contribution in [0.3, 0.4) is 0 Å². The molecule has 6 rings (SSSR count). The predicted octanol–water partition coefficient (Wildman–Crippen LogP) is 4.72. The van der Waals surface area contributed by atoms with Crippen molar-refractivity contribution < 1.29 is 37.0 Å². The highest BCUT2D eigenvalue weighted by Crippen LogP contribution is 2.48. The van der Waals surface area contributed by atoms with Crippen LogP contribution in [-0.4, -0.2) is 51.2 Å². The normalized spacial score (nSPS) is 19.5. The maximum absolute atomic E-state index is 14.7. The van der Waals surface area contributed by atoms with Crippen LogP contribution >= 0.6 is 15.9 Å². The third-order valence-corrected chi connectivity index (χ3v) is 8.52. The Morgan fingerprint density at radius 3 is 2.51 bits per heavy atom. The van der Waals surface area contributed by atoms with Gasteiger partial charge in [-0.25, -0.2) is 14.4 Å². The van der Waals surface area contributed by atoms with Gasteiger partial charge in [-0.3, -0.25) is 9.59 Å². The minimum Gasteiger partial charge on any atom is -0.489 e. The topological polar surface area (TPSA) is 143 Å². The highest BCUT2D eigenvalue weighted by atomic mass is 79.9. The molecule has 9 nitrogen and oxygen atoms in total. The van der Waals surface area contributed by atoms with E-state index < -0.39 is 47.1 Å². The predicted molar refractivity (Wildman–Crippen MR) is 150 cm³/mol. The number of H-pyrrole nitrogens is 1. The number of pyridine rings is 1. The van der Waals surface area contributed by atoms with Crippen molar-refractivity contribution in [3.63, 3.8) is 0 Å². The maximum atomic E-state index is 14.7. The molecule has 4 aromatic rings. The number of primary amides is 1. The Bertz CT molecular complexity index is 1790. The molecule has 0 spiro atoms. The lowest BCUT2D eigenvalue weighted by atomic mass is 9.81. The van der Waals surface area contributed by atoms with E-state index in [1.807, 2.05) is 0 Å². The van der Waals surface area contributed by atoms with Crippen LogP contribution in [0.25, 0.3) is 22.3 Å². The lowest BCUT2D eigenvalue weighted by Gasteiger charge is -2.31. The molecular formula is C29H24BrF4N5O4. The zero-order chi connectivity index (χ0) is 30.9. The van der Waals surface area contributed by atoms with Gasteiger partial charge >= 0.3 is 6.18 Å². The molecule has 5 N–H and O–H groups in total. The SMILES string of the molecule is C[C@]1(C(N)=O)COc2c1cc([C@@](O)(CNC(=O)c1cc(Br)c3nc(C4CC4)[nH]c3c1)C(F)(F)F)nc2-c1ccc(F)cc1. The number of nitrogens with one attached hydrogen (secondary N) is 2. The van der Waals surface area contributed by atoms with E-state index in [0.717, 1.165) is 36.9 Å². The van der Waals surface area contributed by atoms with E-state index in [2.05, 4.69) is 36.2 Å². The summed E-state index contributed by atoms with van der Waals surface area (Å²) < 4.78 is 63.7. The maximum Gasteiger partial charge on any atom is 0.424 e. The van der Waals surface area contributed by atoms with E-state index in [1.165, 1.54) is 31.2 Å². The van der Waals surface area contributed by atoms with Gasteiger partial charge in [-0.15, -0.1) is 0 Å². The Morgan fingerprint density at radius 2 is 1.88 bits per heavy atom. The molecule has 0 unspecified atom stereocenters. The molecule has 1 aliphatic carbocycles. The van der Waals surface area contributed by atoms with Gasteiger partial charge in [0.05, 0.1) is 17.8 Å². The van der Waals surface area contributed by atoms with Crippen molar-refractivity contribution >= 4 is 38.8 Å². The quantitative estimate of drug-likeness (QED) is 0.211. The van der Waals surface area contributed by atoms with Crippen molar-refractivity contribution in [3.05, 3.63) is 75.4 Å². The molecule has 0 saturated heterocycles. The minimum atomic E-state index is -5.34. The van der Waals surface area contributed by atoms with Crippen molar-refractivity contribution in [2.24, 2.45) is 5.73 Å². The largest absolute Gasteiger partial charge is 0.489 e. The van der Waals surface area contributed by atoms with E-state index in [1.54, 1.807) is 0 Å². The highest BCUT2D eigenvalue weighted by molar-refractivity contribution is 9.10. The molecule has 1 fully saturated rings. The summed E-state index contributed by atoms with van der Waals surface area (Å²) in [5.74, 6) is -1.31. The van der Waals surface area contributed by atoms with Crippen LogP contribution in [0.4, 0.5) is 17.6 Å². The second-order valence-corrected chi connectivity index (χ2v) is 11.9. The highest BCUT2D eigenvalue weighted by Gasteiger charge is 2.57. The second-order valence-electron chi connectivity index (χ2n) is 11.0. The first-order chi connectivity index (χ1) is 20.2. The number of carbonyl (C=O) groups excluding carboxylic acids is 2. The van der Waals surface area contributed by atoms with Crippen LogP contribution in [0, 0.1) is 5.82 Å². The number of carbonyl (C=O) groups is 2. The van der Waals surface area contributed by atoms with Gasteiger partial charge in [0.25, 0.3) is 5.91 Å². The number of alkyl halides is 3. The van der Waals surface area contributed by atoms with Gasteiger partial charge in [0.15, 0.2) is 0 Å². The molecule has 2 atom stereocenters. The summed E-state index contributed by atoms with van der Waals surface area (Å²) >= 11 is 3.37. The van der Waals surface area contributed by atoms with E-state index in [-0.39, 0.29) is 34.7 Å². The first-order valence-corrected chi connectivity index (χ1v) is 14.0. The summed E-state index contributed by atoms with van der Waals surface area (Å²) in [6, 6.07) is 8.52. The lowest BCUT2D eigenvalue weighted by molar-refractivity contribution is -0.265. The van der Waals surface area contributed by atoms with Gasteiger partial charge < -0.3 is 25.9 Å². The summed E-state index contributed by atoms with van der Waals surface area (Å²) in [5.41, 5.74) is 0.551. The molecule has 1 aliphatic heterocycles. The monoisotopic (exact) mass is 661 g/mol. The smallest absolute Gasteiger partial charge is 0.424 e. The van der Waals surface area contributed by atoms with Crippen LogP contribution in [-0.2, 0) is 15.8 Å². The van der Waals surface area contributed by atoms with Gasteiger partial charge in [0.2, 0.25) is 11.5 Å². The number of benzene rings is 2. The minimum absolute atomic E-state index is 0.0199. The van der Waals surface area contributed by atoms with Crippen molar-refractivity contribution in [1.82, 2.24) is 20.3 Å². The van der Waals surface area contributed by atoms with Gasteiger partial charge in [-0.05, 0) is 78.2 Å². The Kier molecular flexibility index (Phi) is 6.77. The molecule has 3 heterocycles. The van der Waals surface area contributed by atoms with Gasteiger partial charge in [0, 0.05) is 27.1 Å². The number of aromatic nitrogens is 3. The number of hydrogen-bond acceptors (Lipinski definition) is 6. The van der Waals surface area contributed by atoms with Crippen LogP contribution in [0.1, 0.15) is 53.1 Å². The van der Waals surface area contributed by atoms with E-state index in [0.29, 0.717) is 21.4 Å². The number of aromatic amines is 1. The Morgan fingerprint density at radius 1 is 1.19 bits per heavy atom. The first kappa shape index (κ1) is 29.1. The second kappa shape index (κ2) is 10.0. The number of nitrogens with zero attached hydrogens (tertiary/aromatic N) is 2. The average molecular weight is 662 g/mol. The number of aliphatic hydroxyl groups is 1. The van der Waals surface area contributed by atoms with Crippen LogP contribution in [0.2, 0.25) is 0 Å². The number of amides is 2. The lowest BCUT2D eigenvalue weighted by Crippen LogP contribution is -2.51. The summed E-state index contributed by atoms with van der Waals surface area (Å²) in [6.45, 7) is -0.207. The standard InChI is InChI=1S/C29H24BrF4N5O4/c1-27(26(35)41)12-43-23-17(27)10-20(38-21(23)13-4-6-16(31)7-5-13)28(42,29(32,33)34)11-36-25(40)15-8-18(30)22-19(9-15)37-24(39-22)14-2-3-14/h4-10,14,42H,2-3,11-12H2,1H3,(H2,35,41)(H,36,40)(H,37,39)/t27-,28-/m0/s1. The van der Waals surface area contributed by atoms with E-state index >= 15 is 0 Å². The summed E-state index contributed by atoms with van der Waals surface area (Å²) in [6.07, 6.45) is -3.35. The summed E-state index contributed by atoms with van der Waals surface area (Å²) in [5, 5.41) is 13.4. The van der Waals surface area contributed by atoms with Gasteiger partial charge in [0.1, 0.15) is 40.6 Å². The van der Waals surface area contributed by atoms with Crippen molar-refractivity contribution in [1.29, 1.82) is 0 Å². The number of hydrogen-bond donors (Lipinski definition) is 4. The number of nitrogens with two attached hydrogens (primary N) is 1. The Hall–Kier alpha value is -4.04. The van der Waals surface area contributed by atoms with E-state index in [9.17, 15) is 32.3 Å². The molecule has 14 heteroatoms. The molecule has 43 heavy (non-hydrogen) atoms. The van der Waals surface area contributed by atoms with Gasteiger partial charge in [-0.1, -0.05) is 0 Å². The Balaban J connectivity index is 1.39. The molecule has 0 bridgehead atoms. The molecule has 0 radical (unpaired) electrons. The molecule has 224 valence electrons. The zero-order valence-electron chi connectivity index (χ0n) is 22.5. The summed E-state index contributed by atoms with van der Waals surface area (Å²) in [7, 11) is 0. The number of rotatable bonds is 7. The molecule has 2 aromatic heterocycles. The van der Waals surface area contributed by atoms with Crippen molar-refractivity contribution in [2.45, 2.75) is 42.9 Å². The Labute approximate surface area is 250 Å². The number of ether oxygens (including phenoxy) is 1. The molecular weight excluding hydrogens is 638 g/mol. The fraction of sp³-hybridized carbons (Fsp3) is 0.310. The van der Waals surface area contributed by atoms with Crippen LogP contribution in [0.5, 0.6) is 5.75 Å². The first-order valence-electron chi connectivity index (χ1n) is 13.2. The molecule has 2 aliphatic rings.